The van der Waals surface area contributed by atoms with Gasteiger partial charge in [-0.25, -0.2) is 4.79 Å². The van der Waals surface area contributed by atoms with Gasteiger partial charge < -0.3 is 30.5 Å². The Labute approximate surface area is 240 Å². The van der Waals surface area contributed by atoms with E-state index in [-0.39, 0.29) is 42.8 Å². The average molecular weight is 586 g/mol. The summed E-state index contributed by atoms with van der Waals surface area (Å²) in [7, 11) is 0. The number of carbonyl (C=O) groups excluding carboxylic acids is 3. The van der Waals surface area contributed by atoms with Crippen molar-refractivity contribution >= 4 is 63.6 Å². The number of likely N-dealkylation sites (tertiary alicyclic amines) is 1. The lowest BCUT2D eigenvalue weighted by molar-refractivity contribution is -0.146. The van der Waals surface area contributed by atoms with E-state index in [1.54, 1.807) is 23.1 Å². The minimum absolute atomic E-state index is 0.0208. The number of amides is 4. The molecule has 0 saturated carbocycles. The van der Waals surface area contributed by atoms with Crippen LogP contribution in [0.25, 0.3) is 10.9 Å². The maximum Gasteiger partial charge on any atom is 0.322 e. The van der Waals surface area contributed by atoms with Gasteiger partial charge in [0.25, 0.3) is 0 Å². The highest BCUT2D eigenvalue weighted by atomic mass is 35.5. The molecule has 4 N–H and O–H groups in total. The van der Waals surface area contributed by atoms with Crippen molar-refractivity contribution in [2.75, 3.05) is 18.4 Å². The van der Waals surface area contributed by atoms with E-state index in [0.717, 1.165) is 35.0 Å². The number of urea groups is 1. The van der Waals surface area contributed by atoms with Gasteiger partial charge in [0.15, 0.2) is 0 Å². The Morgan fingerprint density at radius 1 is 1.00 bits per heavy atom. The van der Waals surface area contributed by atoms with Gasteiger partial charge in [0.2, 0.25) is 11.8 Å². The molecule has 12 heteroatoms. The standard InChI is InChI=1S/C28H29Cl2N5O5/c29-19-9-8-16(13-20(19)30)32-28(40)35-15-22-18(17-5-1-2-6-21(17)33-22)14-24(35)27(39)34-12-4-3-7-23(34)26(38)31-11-10-25(36)37/h1-2,5-6,8-9,13,23-24,33H,3-4,7,10-12,14-15H2,(H,31,38)(H,32,40)(H,36,37)/t23-,24+/m0/s1. The number of aromatic amines is 1. The summed E-state index contributed by atoms with van der Waals surface area (Å²) < 4.78 is 0. The van der Waals surface area contributed by atoms with Gasteiger partial charge >= 0.3 is 12.0 Å². The van der Waals surface area contributed by atoms with Crippen molar-refractivity contribution < 1.29 is 24.3 Å². The van der Waals surface area contributed by atoms with E-state index in [4.69, 9.17) is 28.3 Å². The number of hydrogen-bond donors (Lipinski definition) is 4. The van der Waals surface area contributed by atoms with Crippen LogP contribution in [0.4, 0.5) is 10.5 Å². The first kappa shape index (κ1) is 27.8. The van der Waals surface area contributed by atoms with E-state index >= 15 is 0 Å². The number of rotatable bonds is 6. The minimum Gasteiger partial charge on any atom is -0.481 e. The zero-order valence-electron chi connectivity index (χ0n) is 21.6. The monoisotopic (exact) mass is 585 g/mol. The van der Waals surface area contributed by atoms with Crippen LogP contribution in [0.2, 0.25) is 10.0 Å². The molecule has 1 fully saturated rings. The third-order valence-corrected chi connectivity index (χ3v) is 8.19. The number of carbonyl (C=O) groups is 4. The first-order valence-electron chi connectivity index (χ1n) is 13.1. The van der Waals surface area contributed by atoms with Crippen LogP contribution in [0.3, 0.4) is 0 Å². The van der Waals surface area contributed by atoms with E-state index in [1.807, 2.05) is 24.3 Å². The smallest absolute Gasteiger partial charge is 0.322 e. The molecular weight excluding hydrogens is 557 g/mol. The number of anilines is 1. The zero-order chi connectivity index (χ0) is 28.4. The number of carboxylic acid groups (broad SMARTS) is 1. The molecule has 0 aliphatic carbocycles. The van der Waals surface area contributed by atoms with Crippen molar-refractivity contribution in [1.82, 2.24) is 20.1 Å². The Kier molecular flexibility index (Phi) is 8.18. The number of aliphatic carboxylic acids is 1. The Hall–Kier alpha value is -3.76. The molecule has 2 atom stereocenters. The van der Waals surface area contributed by atoms with Crippen LogP contribution < -0.4 is 10.6 Å². The summed E-state index contributed by atoms with van der Waals surface area (Å²) in [5.41, 5.74) is 3.16. The van der Waals surface area contributed by atoms with Crippen LogP contribution in [0.15, 0.2) is 42.5 Å². The molecule has 2 aliphatic rings. The van der Waals surface area contributed by atoms with Crippen molar-refractivity contribution in [3.63, 3.8) is 0 Å². The van der Waals surface area contributed by atoms with Crippen molar-refractivity contribution in [3.05, 3.63) is 63.8 Å². The maximum atomic E-state index is 14.2. The molecule has 0 spiro atoms. The number of hydrogen-bond acceptors (Lipinski definition) is 4. The molecule has 2 aromatic carbocycles. The second kappa shape index (κ2) is 11.8. The van der Waals surface area contributed by atoms with E-state index in [9.17, 15) is 19.2 Å². The number of nitrogens with zero attached hydrogens (tertiary/aromatic N) is 2. The molecule has 10 nitrogen and oxygen atoms in total. The van der Waals surface area contributed by atoms with Crippen LogP contribution in [0.5, 0.6) is 0 Å². The van der Waals surface area contributed by atoms with Crippen LogP contribution in [0.1, 0.15) is 36.9 Å². The first-order valence-corrected chi connectivity index (χ1v) is 13.9. The lowest BCUT2D eigenvalue weighted by Gasteiger charge is -2.41. The molecule has 3 heterocycles. The van der Waals surface area contributed by atoms with Gasteiger partial charge in [0.1, 0.15) is 12.1 Å². The highest BCUT2D eigenvalue weighted by molar-refractivity contribution is 6.42. The zero-order valence-corrected chi connectivity index (χ0v) is 23.1. The second-order valence-electron chi connectivity index (χ2n) is 10.0. The quantitative estimate of drug-likeness (QED) is 0.340. The maximum absolute atomic E-state index is 14.2. The predicted octanol–water partition coefficient (Wildman–Crippen LogP) is 4.41. The number of nitrogens with one attached hydrogen (secondary N) is 3. The first-order chi connectivity index (χ1) is 19.2. The molecule has 0 unspecified atom stereocenters. The van der Waals surface area contributed by atoms with Crippen molar-refractivity contribution in [2.24, 2.45) is 0 Å². The fourth-order valence-electron chi connectivity index (χ4n) is 5.48. The lowest BCUT2D eigenvalue weighted by atomic mass is 9.93. The largest absolute Gasteiger partial charge is 0.481 e. The van der Waals surface area contributed by atoms with E-state index in [2.05, 4.69) is 15.6 Å². The normalized spacial score (nSPS) is 18.8. The molecule has 210 valence electrons. The summed E-state index contributed by atoms with van der Waals surface area (Å²) in [6, 6.07) is 10.4. The summed E-state index contributed by atoms with van der Waals surface area (Å²) in [6.07, 6.45) is 2.02. The Morgan fingerprint density at radius 2 is 1.80 bits per heavy atom. The van der Waals surface area contributed by atoms with Crippen molar-refractivity contribution in [3.8, 4) is 0 Å². The molecule has 0 radical (unpaired) electrons. The fourth-order valence-corrected chi connectivity index (χ4v) is 5.78. The van der Waals surface area contributed by atoms with Crippen molar-refractivity contribution in [2.45, 2.75) is 50.7 Å². The minimum atomic E-state index is -1.02. The third kappa shape index (κ3) is 5.73. The number of aromatic nitrogens is 1. The molecule has 40 heavy (non-hydrogen) atoms. The summed E-state index contributed by atoms with van der Waals surface area (Å²) in [5.74, 6) is -1.72. The molecule has 1 aromatic heterocycles. The van der Waals surface area contributed by atoms with Crippen LogP contribution in [0, 0.1) is 0 Å². The summed E-state index contributed by atoms with van der Waals surface area (Å²) in [6.45, 7) is 0.513. The Balaban J connectivity index is 1.44. The Bertz CT molecular complexity index is 1470. The van der Waals surface area contributed by atoms with Crippen molar-refractivity contribution in [1.29, 1.82) is 0 Å². The molecule has 3 aromatic rings. The van der Waals surface area contributed by atoms with Gasteiger partial charge in [0, 0.05) is 41.8 Å². The number of halogens is 2. The third-order valence-electron chi connectivity index (χ3n) is 7.45. The fraction of sp³-hybridized carbons (Fsp3) is 0.357. The highest BCUT2D eigenvalue weighted by Gasteiger charge is 2.42. The summed E-state index contributed by atoms with van der Waals surface area (Å²) in [4.78, 5) is 58.1. The SMILES string of the molecule is O=C(O)CCNC(=O)[C@@H]1CCCCN1C(=O)[C@H]1Cc2c([nH]c3ccccc23)CN1C(=O)Nc1ccc(Cl)c(Cl)c1. The second-order valence-corrected chi connectivity index (χ2v) is 10.8. The number of benzene rings is 2. The lowest BCUT2D eigenvalue weighted by Crippen LogP contribution is -2.60. The summed E-state index contributed by atoms with van der Waals surface area (Å²) >= 11 is 12.2. The molecule has 4 amide bonds. The number of H-pyrrole nitrogens is 1. The predicted molar refractivity (Wildman–Crippen MR) is 151 cm³/mol. The Morgan fingerprint density at radius 3 is 2.58 bits per heavy atom. The molecule has 5 rings (SSSR count). The van der Waals surface area contributed by atoms with Gasteiger partial charge in [-0.1, -0.05) is 41.4 Å². The number of fused-ring (bicyclic) bond motifs is 3. The topological polar surface area (TPSA) is 135 Å². The van der Waals surface area contributed by atoms with Crippen LogP contribution in [-0.2, 0) is 27.3 Å². The van der Waals surface area contributed by atoms with Crippen LogP contribution in [-0.4, -0.2) is 68.9 Å². The van der Waals surface area contributed by atoms with E-state index in [0.29, 0.717) is 23.7 Å². The number of carboxylic acids is 1. The molecule has 2 aliphatic heterocycles. The van der Waals surface area contributed by atoms with Gasteiger partial charge in [-0.3, -0.25) is 14.4 Å². The number of piperidine rings is 1. The van der Waals surface area contributed by atoms with Gasteiger partial charge in [-0.15, -0.1) is 0 Å². The van der Waals surface area contributed by atoms with E-state index in [1.165, 1.54) is 4.90 Å². The van der Waals surface area contributed by atoms with Gasteiger partial charge in [0.05, 0.1) is 23.0 Å². The highest BCUT2D eigenvalue weighted by Crippen LogP contribution is 2.33. The van der Waals surface area contributed by atoms with Gasteiger partial charge in [-0.2, -0.15) is 0 Å². The number of para-hydroxylation sites is 1. The molecule has 0 bridgehead atoms. The van der Waals surface area contributed by atoms with Gasteiger partial charge in [-0.05, 0) is 49.1 Å². The summed E-state index contributed by atoms with van der Waals surface area (Å²) in [5, 5.41) is 16.0. The average Bonchev–Trinajstić information content (AvgIpc) is 3.31. The van der Waals surface area contributed by atoms with E-state index < -0.39 is 24.1 Å². The molecule has 1 saturated heterocycles. The van der Waals surface area contributed by atoms with Crippen LogP contribution >= 0.6 is 23.2 Å². The molecular formula is C28H29Cl2N5O5.